The lowest BCUT2D eigenvalue weighted by molar-refractivity contribution is -0.364. The van der Waals surface area contributed by atoms with Crippen LogP contribution in [0, 0.1) is 13.2 Å². The molecule has 8 nitrogen and oxygen atoms in total. The fourth-order valence-electron chi connectivity index (χ4n) is 3.86. The zero-order valence-corrected chi connectivity index (χ0v) is 24.7. The van der Waals surface area contributed by atoms with Gasteiger partial charge in [-0.3, -0.25) is 9.78 Å². The fourth-order valence-corrected chi connectivity index (χ4v) is 3.86. The molecule has 226 valence electrons. The van der Waals surface area contributed by atoms with Crippen LogP contribution in [-0.4, -0.2) is 38.4 Å². The van der Waals surface area contributed by atoms with Crippen LogP contribution < -0.4 is 0 Å². The summed E-state index contributed by atoms with van der Waals surface area (Å²) in [6.07, 6.45) is 10.1. The molecule has 0 heterocycles. The Balaban J connectivity index is 1.86. The minimum Gasteiger partial charge on any atom is -0.381 e. The molecule has 0 saturated carbocycles. The zero-order chi connectivity index (χ0) is 29.5. The van der Waals surface area contributed by atoms with Crippen LogP contribution in [0.3, 0.4) is 0 Å². The summed E-state index contributed by atoms with van der Waals surface area (Å²) in [4.78, 5) is 45.3. The quantitative estimate of drug-likeness (QED) is 0.0768. The normalized spacial score (nSPS) is 11.1. The molecule has 0 fully saturated rings. The van der Waals surface area contributed by atoms with Crippen molar-refractivity contribution in [3.05, 3.63) is 84.0 Å². The molecule has 0 spiro atoms. The Kier molecular flexibility index (Phi) is 18.4. The van der Waals surface area contributed by atoms with E-state index in [9.17, 15) is 9.59 Å². The van der Waals surface area contributed by atoms with E-state index < -0.39 is 11.9 Å². The van der Waals surface area contributed by atoms with Gasteiger partial charge >= 0.3 is 18.2 Å². The van der Waals surface area contributed by atoms with Crippen molar-refractivity contribution in [2.24, 2.45) is 0 Å². The number of hydrogen-bond donors (Lipinski definition) is 0. The summed E-state index contributed by atoms with van der Waals surface area (Å²) >= 11 is 0. The molecule has 2 aromatic rings. The highest BCUT2D eigenvalue weighted by atomic mass is 17.3. The highest BCUT2D eigenvalue weighted by Gasteiger charge is 2.22. The molecule has 2 aromatic carbocycles. The summed E-state index contributed by atoms with van der Waals surface area (Å²) in [5, 5.41) is 0. The molecule has 0 aromatic heterocycles. The van der Waals surface area contributed by atoms with E-state index >= 15 is 0 Å². The van der Waals surface area contributed by atoms with Gasteiger partial charge in [-0.1, -0.05) is 70.7 Å². The molecule has 0 aliphatic rings. The first-order valence-electron chi connectivity index (χ1n) is 14.8. The number of carbonyl (C=O) groups excluding carboxylic acids is 2. The number of unbranched alkanes of at least 4 members (excludes halogenated alkanes) is 4. The Morgan fingerprint density at radius 3 is 1.49 bits per heavy atom. The van der Waals surface area contributed by atoms with E-state index in [1.807, 2.05) is 24.3 Å². The number of hydrogen-bond acceptors (Lipinski definition) is 8. The van der Waals surface area contributed by atoms with Crippen molar-refractivity contribution in [1.29, 1.82) is 0 Å². The van der Waals surface area contributed by atoms with Crippen LogP contribution in [-0.2, 0) is 41.9 Å². The highest BCUT2D eigenvalue weighted by molar-refractivity contribution is 5.89. The van der Waals surface area contributed by atoms with E-state index in [0.29, 0.717) is 37.4 Å². The Labute approximate surface area is 245 Å². The second kappa shape index (κ2) is 21.9. The van der Waals surface area contributed by atoms with Crippen LogP contribution in [0.25, 0.3) is 0 Å². The third-order valence-electron chi connectivity index (χ3n) is 6.25. The summed E-state index contributed by atoms with van der Waals surface area (Å²) in [5.41, 5.74) is 2.97. The lowest BCUT2D eigenvalue weighted by Crippen LogP contribution is -2.18. The van der Waals surface area contributed by atoms with Crippen LogP contribution in [0.1, 0.15) is 103 Å². The molecule has 0 aliphatic carbocycles. The third-order valence-corrected chi connectivity index (χ3v) is 6.25. The van der Waals surface area contributed by atoms with Gasteiger partial charge in [-0.05, 0) is 73.9 Å². The van der Waals surface area contributed by atoms with Crippen LogP contribution in [0.4, 0.5) is 0 Å². The van der Waals surface area contributed by atoms with Crippen molar-refractivity contribution in [2.45, 2.75) is 84.5 Å². The summed E-state index contributed by atoms with van der Waals surface area (Å²) in [7, 11) is 0. The molecule has 0 unspecified atom stereocenters. The van der Waals surface area contributed by atoms with Crippen LogP contribution in [0.2, 0.25) is 0 Å². The molecule has 41 heavy (non-hydrogen) atoms. The molecule has 0 saturated heterocycles. The van der Waals surface area contributed by atoms with E-state index in [4.69, 9.17) is 29.0 Å². The Morgan fingerprint density at radius 2 is 1.05 bits per heavy atom. The van der Waals surface area contributed by atoms with E-state index in [1.165, 1.54) is 12.8 Å². The van der Waals surface area contributed by atoms with E-state index in [-0.39, 0.29) is 19.3 Å². The first-order valence-corrected chi connectivity index (χ1v) is 14.8. The van der Waals surface area contributed by atoms with Gasteiger partial charge in [0, 0.05) is 26.2 Å². The largest absolute Gasteiger partial charge is 0.381 e. The van der Waals surface area contributed by atoms with E-state index in [2.05, 4.69) is 20.8 Å². The Bertz CT molecular complexity index is 889. The van der Waals surface area contributed by atoms with Crippen molar-refractivity contribution < 1.29 is 38.6 Å². The maximum atomic E-state index is 12.5. The molecular weight excluding hydrogens is 524 g/mol. The van der Waals surface area contributed by atoms with Gasteiger partial charge < -0.3 is 9.47 Å². The second-order valence-electron chi connectivity index (χ2n) is 9.77. The number of rotatable bonds is 23. The van der Waals surface area contributed by atoms with Gasteiger partial charge in [0.25, 0.3) is 0 Å². The maximum absolute atomic E-state index is 12.5. The monoisotopic (exact) mass is 570 g/mol. The van der Waals surface area contributed by atoms with Crippen LogP contribution >= 0.6 is 0 Å². The predicted molar refractivity (Wildman–Crippen MR) is 156 cm³/mol. The van der Waals surface area contributed by atoms with Crippen molar-refractivity contribution in [1.82, 2.24) is 0 Å². The molecule has 0 aliphatic heterocycles. The summed E-state index contributed by atoms with van der Waals surface area (Å²) in [6.45, 7) is 9.88. The minimum absolute atomic E-state index is 0.0764. The number of aryl methyl sites for hydroxylation is 2. The summed E-state index contributed by atoms with van der Waals surface area (Å²) in [6, 6.07) is 14.4. The molecule has 2 rings (SSSR count). The van der Waals surface area contributed by atoms with Crippen molar-refractivity contribution in [2.75, 3.05) is 26.4 Å². The Morgan fingerprint density at radius 1 is 0.585 bits per heavy atom. The molecular formula is C33H46O8. The van der Waals surface area contributed by atoms with E-state index in [1.54, 1.807) is 24.3 Å². The number of ether oxygens (including phenoxy) is 2. The maximum Gasteiger partial charge on any atom is 0.373 e. The minimum atomic E-state index is -0.695. The smallest absolute Gasteiger partial charge is 0.373 e. The standard InChI is InChI=1S/C33H46O8/c1-4-7-9-12-27-14-18-29(19-15-27)32(34)40-38-31(22-26-37-25-11-24-36-23-6-3)39-41-33(35)30-20-16-28(17-21-30)13-10-8-5-2/h14-21H,3-13,22-26H2,1-2H3. The van der Waals surface area contributed by atoms with Gasteiger partial charge in [0.1, 0.15) is 0 Å². The number of carbonyl (C=O) groups is 2. The average Bonchev–Trinajstić information content (AvgIpc) is 3.00. The fraction of sp³-hybridized carbons (Fsp3) is 0.515. The van der Waals surface area contributed by atoms with E-state index in [0.717, 1.165) is 56.1 Å². The predicted octanol–water partition coefficient (Wildman–Crippen LogP) is 7.56. The zero-order valence-electron chi connectivity index (χ0n) is 24.7. The van der Waals surface area contributed by atoms with Crippen molar-refractivity contribution >= 4 is 11.9 Å². The highest BCUT2D eigenvalue weighted by Crippen LogP contribution is 2.17. The third kappa shape index (κ3) is 15.1. The molecule has 0 atom stereocenters. The van der Waals surface area contributed by atoms with Gasteiger partial charge in [0.05, 0.1) is 17.7 Å². The number of benzene rings is 2. The first-order chi connectivity index (χ1) is 20.1. The summed E-state index contributed by atoms with van der Waals surface area (Å²) in [5.74, 6) is -1.39. The molecule has 0 N–H and O–H groups in total. The molecule has 8 heteroatoms. The van der Waals surface area contributed by atoms with Crippen molar-refractivity contribution in [3.8, 4) is 0 Å². The summed E-state index contributed by atoms with van der Waals surface area (Å²) < 4.78 is 11.0. The van der Waals surface area contributed by atoms with Crippen LogP contribution in [0.5, 0.6) is 0 Å². The average molecular weight is 571 g/mol. The topological polar surface area (TPSA) is 89.5 Å². The van der Waals surface area contributed by atoms with Gasteiger partial charge in [-0.2, -0.15) is 0 Å². The van der Waals surface area contributed by atoms with Gasteiger partial charge in [0.15, 0.2) is 0 Å². The molecule has 2 radical (unpaired) electrons. The second-order valence-corrected chi connectivity index (χ2v) is 9.77. The van der Waals surface area contributed by atoms with Gasteiger partial charge in [0.2, 0.25) is 0 Å². The molecule has 0 amide bonds. The van der Waals surface area contributed by atoms with Crippen LogP contribution in [0.15, 0.2) is 48.5 Å². The van der Waals surface area contributed by atoms with Gasteiger partial charge in [-0.25, -0.2) is 9.59 Å². The van der Waals surface area contributed by atoms with Gasteiger partial charge in [-0.15, -0.1) is 9.78 Å². The molecule has 0 bridgehead atoms. The van der Waals surface area contributed by atoms with Crippen molar-refractivity contribution in [3.63, 3.8) is 0 Å². The lowest BCUT2D eigenvalue weighted by atomic mass is 10.1. The first kappa shape index (κ1) is 34.4. The SMILES string of the molecule is [CH2]CCOCCCOCC[C](OOC(=O)c1ccc(CCCCC)cc1)OOC(=O)c1ccc(CCCCC)cc1. The lowest BCUT2D eigenvalue weighted by Gasteiger charge is -2.14. The Hall–Kier alpha value is -2.78.